The van der Waals surface area contributed by atoms with Crippen molar-refractivity contribution in [3.05, 3.63) is 34.9 Å². The molecule has 3 heteroatoms. The van der Waals surface area contributed by atoms with Crippen LogP contribution >= 0.6 is 0 Å². The SMILES string of the molecule is Cc1ccc(C(=O)COCCOC(C)C)c(C)c1. The summed E-state index contributed by atoms with van der Waals surface area (Å²) >= 11 is 0. The van der Waals surface area contributed by atoms with Crippen molar-refractivity contribution in [2.75, 3.05) is 19.8 Å². The van der Waals surface area contributed by atoms with Crippen LogP contribution < -0.4 is 0 Å². The zero-order valence-electron chi connectivity index (χ0n) is 11.7. The number of hydrogen-bond donors (Lipinski definition) is 0. The molecule has 0 unspecified atom stereocenters. The van der Waals surface area contributed by atoms with E-state index in [2.05, 4.69) is 0 Å². The minimum absolute atomic E-state index is 0.0250. The van der Waals surface area contributed by atoms with E-state index in [0.29, 0.717) is 13.2 Å². The van der Waals surface area contributed by atoms with Gasteiger partial charge in [0.05, 0.1) is 19.3 Å². The maximum Gasteiger partial charge on any atom is 0.188 e. The van der Waals surface area contributed by atoms with E-state index in [-0.39, 0.29) is 18.5 Å². The first-order valence-electron chi connectivity index (χ1n) is 6.30. The Labute approximate surface area is 109 Å². The van der Waals surface area contributed by atoms with Gasteiger partial charge in [0.2, 0.25) is 0 Å². The van der Waals surface area contributed by atoms with Crippen LogP contribution in [0.4, 0.5) is 0 Å². The number of aryl methyl sites for hydroxylation is 2. The molecule has 1 rings (SSSR count). The number of benzene rings is 1. The highest BCUT2D eigenvalue weighted by molar-refractivity contribution is 5.98. The molecule has 0 atom stereocenters. The highest BCUT2D eigenvalue weighted by atomic mass is 16.5. The lowest BCUT2D eigenvalue weighted by Gasteiger charge is -2.09. The quantitative estimate of drug-likeness (QED) is 0.551. The van der Waals surface area contributed by atoms with E-state index in [1.807, 2.05) is 45.9 Å². The Bertz CT molecular complexity index is 397. The minimum Gasteiger partial charge on any atom is -0.376 e. The number of ketones is 1. The number of hydrogen-bond acceptors (Lipinski definition) is 3. The highest BCUT2D eigenvalue weighted by Crippen LogP contribution is 2.11. The molecule has 0 aliphatic heterocycles. The summed E-state index contributed by atoms with van der Waals surface area (Å²) in [5.41, 5.74) is 2.91. The van der Waals surface area contributed by atoms with Gasteiger partial charge in [0.25, 0.3) is 0 Å². The van der Waals surface area contributed by atoms with Crippen molar-refractivity contribution >= 4 is 5.78 Å². The first-order valence-corrected chi connectivity index (χ1v) is 6.30. The van der Waals surface area contributed by atoms with E-state index in [1.165, 1.54) is 0 Å². The maximum atomic E-state index is 11.9. The van der Waals surface area contributed by atoms with Gasteiger partial charge >= 0.3 is 0 Å². The van der Waals surface area contributed by atoms with E-state index >= 15 is 0 Å². The first kappa shape index (κ1) is 14.9. The summed E-state index contributed by atoms with van der Waals surface area (Å²) in [4.78, 5) is 11.9. The van der Waals surface area contributed by atoms with Crippen molar-refractivity contribution < 1.29 is 14.3 Å². The molecule has 0 saturated carbocycles. The third kappa shape index (κ3) is 4.98. The van der Waals surface area contributed by atoms with Crippen molar-refractivity contribution in [2.24, 2.45) is 0 Å². The minimum atomic E-state index is 0.0250. The van der Waals surface area contributed by atoms with Crippen molar-refractivity contribution in [2.45, 2.75) is 33.8 Å². The van der Waals surface area contributed by atoms with Crippen molar-refractivity contribution in [1.29, 1.82) is 0 Å². The molecule has 0 fully saturated rings. The molecule has 0 bridgehead atoms. The molecule has 3 nitrogen and oxygen atoms in total. The molecule has 0 N–H and O–H groups in total. The second-order valence-electron chi connectivity index (χ2n) is 4.71. The molecular weight excluding hydrogens is 228 g/mol. The molecule has 0 radical (unpaired) electrons. The Morgan fingerprint density at radius 1 is 1.22 bits per heavy atom. The summed E-state index contributed by atoms with van der Waals surface area (Å²) < 4.78 is 10.6. The van der Waals surface area contributed by atoms with Gasteiger partial charge in [0.1, 0.15) is 6.61 Å². The van der Waals surface area contributed by atoms with Gasteiger partial charge in [-0.15, -0.1) is 0 Å². The fourth-order valence-corrected chi connectivity index (χ4v) is 1.71. The van der Waals surface area contributed by atoms with Gasteiger partial charge in [0, 0.05) is 5.56 Å². The summed E-state index contributed by atoms with van der Waals surface area (Å²) in [5, 5.41) is 0. The Balaban J connectivity index is 2.36. The lowest BCUT2D eigenvalue weighted by molar-refractivity contribution is 0.0208. The molecule has 18 heavy (non-hydrogen) atoms. The van der Waals surface area contributed by atoms with E-state index < -0.39 is 0 Å². The fraction of sp³-hybridized carbons (Fsp3) is 0.533. The zero-order valence-corrected chi connectivity index (χ0v) is 11.7. The Hall–Kier alpha value is -1.19. The molecule has 0 aliphatic rings. The molecule has 0 aliphatic carbocycles. The summed E-state index contributed by atoms with van der Waals surface area (Å²) in [6.07, 6.45) is 0.198. The van der Waals surface area contributed by atoms with Gasteiger partial charge in [-0.05, 0) is 33.3 Å². The van der Waals surface area contributed by atoms with Crippen LogP contribution in [-0.4, -0.2) is 31.7 Å². The van der Waals surface area contributed by atoms with Crippen LogP contribution in [0.25, 0.3) is 0 Å². The first-order chi connectivity index (χ1) is 8.50. The maximum absolute atomic E-state index is 11.9. The molecule has 0 aromatic heterocycles. The van der Waals surface area contributed by atoms with E-state index in [0.717, 1.165) is 16.7 Å². The van der Waals surface area contributed by atoms with Crippen LogP contribution in [0.2, 0.25) is 0 Å². The average Bonchev–Trinajstić information content (AvgIpc) is 2.27. The molecule has 0 heterocycles. The summed E-state index contributed by atoms with van der Waals surface area (Å²) in [6.45, 7) is 9.00. The Morgan fingerprint density at radius 2 is 1.94 bits per heavy atom. The van der Waals surface area contributed by atoms with Crippen molar-refractivity contribution in [3.63, 3.8) is 0 Å². The van der Waals surface area contributed by atoms with Gasteiger partial charge in [0.15, 0.2) is 5.78 Å². The van der Waals surface area contributed by atoms with Gasteiger partial charge in [-0.25, -0.2) is 0 Å². The standard InChI is InChI=1S/C15H22O3/c1-11(2)18-8-7-17-10-15(16)14-6-5-12(3)9-13(14)4/h5-6,9,11H,7-8,10H2,1-4H3. The lowest BCUT2D eigenvalue weighted by Crippen LogP contribution is -2.15. The molecule has 0 amide bonds. The number of carbonyl (C=O) groups excluding carboxylic acids is 1. The molecule has 0 spiro atoms. The predicted octanol–water partition coefficient (Wildman–Crippen LogP) is 2.93. The molecule has 1 aromatic rings. The smallest absolute Gasteiger partial charge is 0.188 e. The third-order valence-electron chi connectivity index (χ3n) is 2.59. The number of carbonyl (C=O) groups is 1. The molecule has 100 valence electrons. The van der Waals surface area contributed by atoms with Crippen LogP contribution in [0.1, 0.15) is 35.3 Å². The van der Waals surface area contributed by atoms with Crippen LogP contribution in [0, 0.1) is 13.8 Å². The van der Waals surface area contributed by atoms with Crippen molar-refractivity contribution in [1.82, 2.24) is 0 Å². The van der Waals surface area contributed by atoms with E-state index in [4.69, 9.17) is 9.47 Å². The normalized spacial score (nSPS) is 10.9. The Kier molecular flexibility index (Phi) is 6.02. The third-order valence-corrected chi connectivity index (χ3v) is 2.59. The number of Topliss-reactive ketones (excluding diaryl/α,β-unsaturated/α-hetero) is 1. The largest absolute Gasteiger partial charge is 0.376 e. The van der Waals surface area contributed by atoms with Crippen LogP contribution in [-0.2, 0) is 9.47 Å². The van der Waals surface area contributed by atoms with Crippen molar-refractivity contribution in [3.8, 4) is 0 Å². The average molecular weight is 250 g/mol. The summed E-state index contributed by atoms with van der Waals surface area (Å²) in [7, 11) is 0. The lowest BCUT2D eigenvalue weighted by atomic mass is 10.0. The van der Waals surface area contributed by atoms with Crippen LogP contribution in [0.15, 0.2) is 18.2 Å². The number of rotatable bonds is 7. The summed E-state index contributed by atoms with van der Waals surface area (Å²) in [5.74, 6) is 0.0250. The number of ether oxygens (including phenoxy) is 2. The van der Waals surface area contributed by atoms with Gasteiger partial charge in [-0.2, -0.15) is 0 Å². The van der Waals surface area contributed by atoms with Gasteiger partial charge in [-0.1, -0.05) is 23.8 Å². The topological polar surface area (TPSA) is 35.5 Å². The van der Waals surface area contributed by atoms with Gasteiger partial charge < -0.3 is 9.47 Å². The van der Waals surface area contributed by atoms with E-state index in [1.54, 1.807) is 0 Å². The molecular formula is C15H22O3. The van der Waals surface area contributed by atoms with E-state index in [9.17, 15) is 4.79 Å². The second kappa shape index (κ2) is 7.29. The fourth-order valence-electron chi connectivity index (χ4n) is 1.71. The zero-order chi connectivity index (χ0) is 13.5. The molecule has 0 saturated heterocycles. The van der Waals surface area contributed by atoms with Crippen LogP contribution in [0.3, 0.4) is 0 Å². The van der Waals surface area contributed by atoms with Gasteiger partial charge in [-0.3, -0.25) is 4.79 Å². The monoisotopic (exact) mass is 250 g/mol. The Morgan fingerprint density at radius 3 is 2.56 bits per heavy atom. The molecule has 1 aromatic carbocycles. The highest BCUT2D eigenvalue weighted by Gasteiger charge is 2.09. The predicted molar refractivity (Wildman–Crippen MR) is 72.2 cm³/mol. The second-order valence-corrected chi connectivity index (χ2v) is 4.71. The van der Waals surface area contributed by atoms with Crippen LogP contribution in [0.5, 0.6) is 0 Å². The summed E-state index contributed by atoms with van der Waals surface area (Å²) in [6, 6.07) is 5.82.